The highest BCUT2D eigenvalue weighted by atomic mass is 79.9. The SMILES string of the molecule is COc1ccc2c(c1)OC(c1ccc(Br)c(F)c1)CC2N. The van der Waals surface area contributed by atoms with Gasteiger partial charge in [0.05, 0.1) is 11.6 Å². The van der Waals surface area contributed by atoms with E-state index in [2.05, 4.69) is 15.9 Å². The van der Waals surface area contributed by atoms with Crippen molar-refractivity contribution >= 4 is 15.9 Å². The second-order valence-electron chi connectivity index (χ2n) is 5.03. The second kappa shape index (κ2) is 5.66. The molecular formula is C16H15BrFNO2. The van der Waals surface area contributed by atoms with E-state index in [0.717, 1.165) is 11.1 Å². The van der Waals surface area contributed by atoms with Gasteiger partial charge in [-0.2, -0.15) is 0 Å². The molecule has 110 valence electrons. The van der Waals surface area contributed by atoms with Crippen LogP contribution >= 0.6 is 15.9 Å². The molecule has 3 nitrogen and oxygen atoms in total. The maximum absolute atomic E-state index is 13.7. The Hall–Kier alpha value is -1.59. The van der Waals surface area contributed by atoms with Crippen molar-refractivity contribution in [2.75, 3.05) is 7.11 Å². The molecule has 0 spiro atoms. The van der Waals surface area contributed by atoms with Crippen molar-refractivity contribution in [3.63, 3.8) is 0 Å². The minimum Gasteiger partial charge on any atom is -0.497 e. The zero-order valence-corrected chi connectivity index (χ0v) is 13.1. The number of halogens is 2. The number of nitrogens with two attached hydrogens (primary N) is 1. The fourth-order valence-corrected chi connectivity index (χ4v) is 2.77. The monoisotopic (exact) mass is 351 g/mol. The number of rotatable bonds is 2. The van der Waals surface area contributed by atoms with Crippen LogP contribution in [0.25, 0.3) is 0 Å². The number of hydrogen-bond donors (Lipinski definition) is 1. The van der Waals surface area contributed by atoms with E-state index in [4.69, 9.17) is 15.2 Å². The topological polar surface area (TPSA) is 44.5 Å². The Morgan fingerprint density at radius 3 is 2.81 bits per heavy atom. The third-order valence-electron chi connectivity index (χ3n) is 3.67. The molecule has 0 saturated carbocycles. The average Bonchev–Trinajstić information content (AvgIpc) is 2.49. The predicted molar refractivity (Wildman–Crippen MR) is 82.0 cm³/mol. The molecule has 2 atom stereocenters. The Kier molecular flexibility index (Phi) is 3.87. The summed E-state index contributed by atoms with van der Waals surface area (Å²) in [6, 6.07) is 10.5. The fraction of sp³-hybridized carbons (Fsp3) is 0.250. The quantitative estimate of drug-likeness (QED) is 0.884. The van der Waals surface area contributed by atoms with Gasteiger partial charge in [-0.15, -0.1) is 0 Å². The lowest BCUT2D eigenvalue weighted by atomic mass is 9.93. The van der Waals surface area contributed by atoms with Crippen molar-refractivity contribution in [1.82, 2.24) is 0 Å². The first-order chi connectivity index (χ1) is 10.1. The molecule has 0 aliphatic carbocycles. The van der Waals surface area contributed by atoms with E-state index >= 15 is 0 Å². The predicted octanol–water partition coefficient (Wildman–Crippen LogP) is 4.12. The number of fused-ring (bicyclic) bond motifs is 1. The normalized spacial score (nSPS) is 20.6. The van der Waals surface area contributed by atoms with Crippen molar-refractivity contribution in [3.05, 3.63) is 57.8 Å². The Balaban J connectivity index is 1.94. The number of hydrogen-bond acceptors (Lipinski definition) is 3. The maximum Gasteiger partial charge on any atom is 0.137 e. The molecule has 21 heavy (non-hydrogen) atoms. The summed E-state index contributed by atoms with van der Waals surface area (Å²) in [5.74, 6) is 1.10. The number of ether oxygens (including phenoxy) is 2. The van der Waals surface area contributed by atoms with Crippen LogP contribution in [0.15, 0.2) is 40.9 Å². The van der Waals surface area contributed by atoms with Crippen LogP contribution in [0.4, 0.5) is 4.39 Å². The van der Waals surface area contributed by atoms with Gasteiger partial charge in [-0.05, 0) is 39.7 Å². The van der Waals surface area contributed by atoms with E-state index in [1.807, 2.05) is 24.3 Å². The highest BCUT2D eigenvalue weighted by Crippen LogP contribution is 2.41. The molecule has 2 aromatic carbocycles. The lowest BCUT2D eigenvalue weighted by molar-refractivity contribution is 0.160. The Labute approximate surface area is 131 Å². The summed E-state index contributed by atoms with van der Waals surface area (Å²) < 4.78 is 25.3. The smallest absolute Gasteiger partial charge is 0.137 e. The number of benzene rings is 2. The Bertz CT molecular complexity index is 677. The van der Waals surface area contributed by atoms with Crippen LogP contribution < -0.4 is 15.2 Å². The van der Waals surface area contributed by atoms with Gasteiger partial charge in [-0.1, -0.05) is 12.1 Å². The van der Waals surface area contributed by atoms with Gasteiger partial charge >= 0.3 is 0 Å². The van der Waals surface area contributed by atoms with Crippen LogP contribution in [0.3, 0.4) is 0 Å². The zero-order valence-electron chi connectivity index (χ0n) is 11.5. The van der Waals surface area contributed by atoms with Crippen molar-refractivity contribution in [1.29, 1.82) is 0 Å². The van der Waals surface area contributed by atoms with E-state index in [0.29, 0.717) is 22.4 Å². The maximum atomic E-state index is 13.7. The first-order valence-corrected chi connectivity index (χ1v) is 7.43. The molecule has 0 fully saturated rings. The van der Waals surface area contributed by atoms with Gasteiger partial charge in [0.2, 0.25) is 0 Å². The Morgan fingerprint density at radius 1 is 1.29 bits per heavy atom. The molecule has 5 heteroatoms. The zero-order chi connectivity index (χ0) is 15.0. The second-order valence-corrected chi connectivity index (χ2v) is 5.88. The first kappa shape index (κ1) is 14.4. The van der Waals surface area contributed by atoms with Gasteiger partial charge in [0.1, 0.15) is 23.4 Å². The van der Waals surface area contributed by atoms with E-state index in [-0.39, 0.29) is 18.0 Å². The van der Waals surface area contributed by atoms with Gasteiger partial charge < -0.3 is 15.2 Å². The molecule has 2 N–H and O–H groups in total. The van der Waals surface area contributed by atoms with E-state index in [1.165, 1.54) is 6.07 Å². The molecule has 3 rings (SSSR count). The van der Waals surface area contributed by atoms with Crippen molar-refractivity contribution in [2.24, 2.45) is 5.73 Å². The van der Waals surface area contributed by atoms with Gasteiger partial charge in [0.25, 0.3) is 0 Å². The molecule has 1 aliphatic rings. The fourth-order valence-electron chi connectivity index (χ4n) is 2.53. The van der Waals surface area contributed by atoms with Crippen LogP contribution in [0, 0.1) is 5.82 Å². The summed E-state index contributed by atoms with van der Waals surface area (Å²) in [6.07, 6.45) is 0.350. The van der Waals surface area contributed by atoms with Gasteiger partial charge in [0.15, 0.2) is 0 Å². The van der Waals surface area contributed by atoms with Crippen LogP contribution in [-0.4, -0.2) is 7.11 Å². The lowest BCUT2D eigenvalue weighted by Crippen LogP contribution is -2.24. The van der Waals surface area contributed by atoms with Gasteiger partial charge in [-0.25, -0.2) is 4.39 Å². The molecule has 0 saturated heterocycles. The highest BCUT2D eigenvalue weighted by molar-refractivity contribution is 9.10. The standard InChI is InChI=1S/C16H15BrFNO2/c1-20-10-3-4-11-14(19)8-15(21-16(11)7-10)9-2-5-12(17)13(18)6-9/h2-7,14-15H,8,19H2,1H3. The lowest BCUT2D eigenvalue weighted by Gasteiger charge is -2.31. The van der Waals surface area contributed by atoms with Crippen molar-refractivity contribution in [2.45, 2.75) is 18.6 Å². The Morgan fingerprint density at radius 2 is 2.10 bits per heavy atom. The minimum atomic E-state index is -0.305. The summed E-state index contributed by atoms with van der Waals surface area (Å²) in [5, 5.41) is 0. The molecule has 0 bridgehead atoms. The summed E-state index contributed by atoms with van der Waals surface area (Å²) in [5.41, 5.74) is 7.94. The van der Waals surface area contributed by atoms with Crippen LogP contribution in [0.2, 0.25) is 0 Å². The average molecular weight is 352 g/mol. The summed E-state index contributed by atoms with van der Waals surface area (Å²) in [6.45, 7) is 0. The largest absolute Gasteiger partial charge is 0.497 e. The van der Waals surface area contributed by atoms with Gasteiger partial charge in [0, 0.05) is 24.1 Å². The molecule has 0 amide bonds. The molecule has 2 aromatic rings. The van der Waals surface area contributed by atoms with E-state index < -0.39 is 0 Å². The summed E-state index contributed by atoms with van der Waals surface area (Å²) >= 11 is 3.15. The van der Waals surface area contributed by atoms with E-state index in [9.17, 15) is 4.39 Å². The molecule has 0 aromatic heterocycles. The molecule has 1 heterocycles. The number of methoxy groups -OCH3 is 1. The molecule has 0 radical (unpaired) electrons. The van der Waals surface area contributed by atoms with Crippen LogP contribution in [0.1, 0.15) is 29.7 Å². The summed E-state index contributed by atoms with van der Waals surface area (Å²) in [7, 11) is 1.60. The van der Waals surface area contributed by atoms with Crippen LogP contribution in [-0.2, 0) is 0 Å². The highest BCUT2D eigenvalue weighted by Gasteiger charge is 2.27. The van der Waals surface area contributed by atoms with Gasteiger partial charge in [-0.3, -0.25) is 0 Å². The summed E-state index contributed by atoms with van der Waals surface area (Å²) in [4.78, 5) is 0. The molecule has 1 aliphatic heterocycles. The minimum absolute atomic E-state index is 0.142. The van der Waals surface area contributed by atoms with Crippen LogP contribution in [0.5, 0.6) is 11.5 Å². The first-order valence-electron chi connectivity index (χ1n) is 6.63. The molecular weight excluding hydrogens is 337 g/mol. The van der Waals surface area contributed by atoms with Crippen molar-refractivity contribution < 1.29 is 13.9 Å². The van der Waals surface area contributed by atoms with Crippen molar-refractivity contribution in [3.8, 4) is 11.5 Å². The molecule has 2 unspecified atom stereocenters. The third kappa shape index (κ3) is 2.76. The van der Waals surface area contributed by atoms with E-state index in [1.54, 1.807) is 13.2 Å². The third-order valence-corrected chi connectivity index (χ3v) is 4.32.